The average molecular weight is 314 g/mol. The lowest BCUT2D eigenvalue weighted by Gasteiger charge is -2.11. The number of para-hydroxylation sites is 1. The van der Waals surface area contributed by atoms with Crippen molar-refractivity contribution in [1.82, 2.24) is 9.55 Å². The Bertz CT molecular complexity index is 956. The Morgan fingerprint density at radius 3 is 2.46 bits per heavy atom. The van der Waals surface area contributed by atoms with Crippen LogP contribution in [0.3, 0.4) is 0 Å². The van der Waals surface area contributed by atoms with Gasteiger partial charge in [0.15, 0.2) is 0 Å². The van der Waals surface area contributed by atoms with E-state index in [9.17, 15) is 0 Å². The molecule has 0 radical (unpaired) electrons. The highest BCUT2D eigenvalue weighted by Gasteiger charge is 2.12. The summed E-state index contributed by atoms with van der Waals surface area (Å²) in [7, 11) is 1.66. The average Bonchev–Trinajstić information content (AvgIpc) is 3.01. The minimum absolute atomic E-state index is 0.768. The minimum atomic E-state index is 0.768. The first-order valence-electron chi connectivity index (χ1n) is 7.98. The van der Waals surface area contributed by atoms with Gasteiger partial charge < -0.3 is 9.30 Å². The topological polar surface area (TPSA) is 27.1 Å². The van der Waals surface area contributed by atoms with Crippen LogP contribution in [0.4, 0.5) is 0 Å². The monoisotopic (exact) mass is 314 g/mol. The van der Waals surface area contributed by atoms with Crippen LogP contribution < -0.4 is 4.74 Å². The molecular formula is C21H18N2O. The molecule has 2 heterocycles. The van der Waals surface area contributed by atoms with Crippen LogP contribution in [0.2, 0.25) is 0 Å². The maximum atomic E-state index is 5.22. The largest absolute Gasteiger partial charge is 0.495 e. The van der Waals surface area contributed by atoms with Crippen LogP contribution in [-0.2, 0) is 6.54 Å². The predicted molar refractivity (Wildman–Crippen MR) is 97.3 cm³/mol. The van der Waals surface area contributed by atoms with Crippen molar-refractivity contribution in [3.63, 3.8) is 0 Å². The molecule has 0 atom stereocenters. The molecule has 0 unspecified atom stereocenters. The lowest BCUT2D eigenvalue weighted by molar-refractivity contribution is 0.413. The second kappa shape index (κ2) is 6.20. The van der Waals surface area contributed by atoms with Gasteiger partial charge >= 0.3 is 0 Å². The summed E-state index contributed by atoms with van der Waals surface area (Å²) in [6, 6.07) is 25.1. The van der Waals surface area contributed by atoms with Gasteiger partial charge in [0.05, 0.1) is 24.7 Å². The highest BCUT2D eigenvalue weighted by Crippen LogP contribution is 2.28. The Kier molecular flexibility index (Phi) is 3.75. The van der Waals surface area contributed by atoms with Crippen LogP contribution in [-0.4, -0.2) is 16.7 Å². The molecule has 4 aromatic rings. The summed E-state index contributed by atoms with van der Waals surface area (Å²) in [5.74, 6) is 0.768. The number of methoxy groups -OCH3 is 1. The van der Waals surface area contributed by atoms with Gasteiger partial charge in [-0.2, -0.15) is 0 Å². The van der Waals surface area contributed by atoms with Crippen LogP contribution >= 0.6 is 0 Å². The van der Waals surface area contributed by atoms with Gasteiger partial charge in [0, 0.05) is 17.4 Å². The van der Waals surface area contributed by atoms with E-state index in [4.69, 9.17) is 4.74 Å². The Morgan fingerprint density at radius 1 is 0.917 bits per heavy atom. The van der Waals surface area contributed by atoms with Crippen LogP contribution in [0.1, 0.15) is 5.56 Å². The number of hydrogen-bond acceptors (Lipinski definition) is 2. The van der Waals surface area contributed by atoms with Crippen molar-refractivity contribution in [2.45, 2.75) is 6.54 Å². The summed E-state index contributed by atoms with van der Waals surface area (Å²) in [5, 5.41) is 1.22. The van der Waals surface area contributed by atoms with Crippen LogP contribution in [0.5, 0.6) is 5.75 Å². The Balaban J connectivity index is 1.85. The van der Waals surface area contributed by atoms with Crippen LogP contribution in [0.15, 0.2) is 79.0 Å². The summed E-state index contributed by atoms with van der Waals surface area (Å²) in [6.45, 7) is 0.817. The van der Waals surface area contributed by atoms with Gasteiger partial charge in [0.25, 0.3) is 0 Å². The van der Waals surface area contributed by atoms with E-state index in [0.717, 1.165) is 23.7 Å². The van der Waals surface area contributed by atoms with Crippen molar-refractivity contribution in [1.29, 1.82) is 0 Å². The summed E-state index contributed by atoms with van der Waals surface area (Å²) >= 11 is 0. The third-order valence-electron chi connectivity index (χ3n) is 4.23. The van der Waals surface area contributed by atoms with Gasteiger partial charge in [-0.15, -0.1) is 0 Å². The van der Waals surface area contributed by atoms with E-state index in [1.807, 2.05) is 18.2 Å². The number of hydrogen-bond donors (Lipinski definition) is 0. The quantitative estimate of drug-likeness (QED) is 0.543. The number of benzene rings is 2. The zero-order valence-corrected chi connectivity index (χ0v) is 13.5. The third-order valence-corrected chi connectivity index (χ3v) is 4.23. The molecule has 118 valence electrons. The third kappa shape index (κ3) is 2.65. The fourth-order valence-corrected chi connectivity index (χ4v) is 3.01. The highest BCUT2D eigenvalue weighted by molar-refractivity contribution is 5.86. The lowest BCUT2D eigenvalue weighted by Crippen LogP contribution is -2.02. The Morgan fingerprint density at radius 2 is 1.71 bits per heavy atom. The maximum absolute atomic E-state index is 5.22. The second-order valence-corrected chi connectivity index (χ2v) is 5.74. The summed E-state index contributed by atoms with van der Waals surface area (Å²) in [6.07, 6.45) is 1.76. The van der Waals surface area contributed by atoms with Gasteiger partial charge in [0.1, 0.15) is 5.75 Å². The number of ether oxygens (including phenoxy) is 1. The smallest absolute Gasteiger partial charge is 0.137 e. The molecule has 0 spiro atoms. The SMILES string of the molecule is COc1ccc(-c2cc3ccccc3n2Cc2ccccc2)nc1. The molecule has 24 heavy (non-hydrogen) atoms. The van der Waals surface area contributed by atoms with E-state index < -0.39 is 0 Å². The van der Waals surface area contributed by atoms with E-state index in [1.54, 1.807) is 13.3 Å². The lowest BCUT2D eigenvalue weighted by atomic mass is 10.2. The fraction of sp³-hybridized carbons (Fsp3) is 0.0952. The molecule has 0 saturated heterocycles. The first kappa shape index (κ1) is 14.5. The fourth-order valence-electron chi connectivity index (χ4n) is 3.01. The summed E-state index contributed by atoms with van der Waals surface area (Å²) in [5.41, 5.74) is 4.55. The first-order chi connectivity index (χ1) is 11.8. The molecule has 0 aliphatic heterocycles. The molecule has 0 saturated carbocycles. The molecule has 0 aliphatic carbocycles. The van der Waals surface area contributed by atoms with E-state index in [1.165, 1.54) is 16.5 Å². The first-order valence-corrected chi connectivity index (χ1v) is 7.98. The van der Waals surface area contributed by atoms with E-state index in [-0.39, 0.29) is 0 Å². The molecule has 4 rings (SSSR count). The second-order valence-electron chi connectivity index (χ2n) is 5.74. The zero-order valence-electron chi connectivity index (χ0n) is 13.5. The molecule has 3 heteroatoms. The molecular weight excluding hydrogens is 296 g/mol. The van der Waals surface area contributed by atoms with E-state index in [2.05, 4.69) is 64.1 Å². The maximum Gasteiger partial charge on any atom is 0.137 e. The van der Waals surface area contributed by atoms with Crippen molar-refractivity contribution < 1.29 is 4.74 Å². The minimum Gasteiger partial charge on any atom is -0.495 e. The Labute approximate surface area is 141 Å². The number of nitrogens with zero attached hydrogens (tertiary/aromatic N) is 2. The van der Waals surface area contributed by atoms with Gasteiger partial charge in [-0.05, 0) is 29.8 Å². The van der Waals surface area contributed by atoms with Gasteiger partial charge in [-0.25, -0.2) is 0 Å². The van der Waals surface area contributed by atoms with Crippen molar-refractivity contribution in [3.05, 3.63) is 84.6 Å². The normalized spacial score (nSPS) is 10.9. The summed E-state index contributed by atoms with van der Waals surface area (Å²) < 4.78 is 7.54. The van der Waals surface area contributed by atoms with Crippen LogP contribution in [0.25, 0.3) is 22.3 Å². The molecule has 2 aromatic heterocycles. The highest BCUT2D eigenvalue weighted by atomic mass is 16.5. The number of rotatable bonds is 4. The van der Waals surface area contributed by atoms with Crippen molar-refractivity contribution >= 4 is 10.9 Å². The molecule has 0 amide bonds. The number of pyridine rings is 1. The van der Waals surface area contributed by atoms with Crippen molar-refractivity contribution in [3.8, 4) is 17.1 Å². The molecule has 2 aromatic carbocycles. The van der Waals surface area contributed by atoms with Crippen LogP contribution in [0, 0.1) is 0 Å². The van der Waals surface area contributed by atoms with Crippen molar-refractivity contribution in [2.75, 3.05) is 7.11 Å². The van der Waals surface area contributed by atoms with Crippen molar-refractivity contribution in [2.24, 2.45) is 0 Å². The van der Waals surface area contributed by atoms with Gasteiger partial charge in [-0.1, -0.05) is 48.5 Å². The molecule has 0 aliphatic rings. The predicted octanol–water partition coefficient (Wildman–Crippen LogP) is 4.76. The number of fused-ring (bicyclic) bond motifs is 1. The van der Waals surface area contributed by atoms with E-state index >= 15 is 0 Å². The standard InChI is InChI=1S/C21H18N2O/c1-24-18-11-12-19(22-14-18)21-13-17-9-5-6-10-20(17)23(21)15-16-7-3-2-4-8-16/h2-14H,15H2,1H3. The van der Waals surface area contributed by atoms with Gasteiger partial charge in [-0.3, -0.25) is 4.98 Å². The summed E-state index contributed by atoms with van der Waals surface area (Å²) in [4.78, 5) is 4.57. The van der Waals surface area contributed by atoms with Gasteiger partial charge in [0.2, 0.25) is 0 Å². The number of aromatic nitrogens is 2. The zero-order chi connectivity index (χ0) is 16.4. The van der Waals surface area contributed by atoms with E-state index in [0.29, 0.717) is 0 Å². The molecule has 0 fully saturated rings. The molecule has 0 N–H and O–H groups in total. The molecule has 3 nitrogen and oxygen atoms in total. The Hall–Kier alpha value is -3.07. The molecule has 0 bridgehead atoms.